The highest BCUT2D eigenvalue weighted by Crippen LogP contribution is 2.18. The fourth-order valence-corrected chi connectivity index (χ4v) is 2.04. The molecule has 0 aliphatic heterocycles. The molecule has 0 aliphatic carbocycles. The molecule has 15 heavy (non-hydrogen) atoms. The smallest absolute Gasteiger partial charge is 0.0718 e. The zero-order valence-corrected chi connectivity index (χ0v) is 11.1. The Kier molecular flexibility index (Phi) is 4.32. The first kappa shape index (κ1) is 12.7. The molecule has 1 rings (SSSR count). The van der Waals surface area contributed by atoms with Gasteiger partial charge >= 0.3 is 0 Å². The van der Waals surface area contributed by atoms with Crippen LogP contribution in [0.3, 0.4) is 0 Å². The molecule has 0 fully saturated rings. The summed E-state index contributed by atoms with van der Waals surface area (Å²) in [6.07, 6.45) is 0. The molecule has 0 amide bonds. The van der Waals surface area contributed by atoms with Gasteiger partial charge in [-0.1, -0.05) is 34.1 Å². The normalized spacial score (nSPS) is 12.1. The molecule has 3 heteroatoms. The number of hydrogen-bond donors (Lipinski definition) is 1. The second-order valence-electron chi connectivity index (χ2n) is 4.58. The first-order valence-corrected chi connectivity index (χ1v) is 5.82. The van der Waals surface area contributed by atoms with Gasteiger partial charge in [-0.3, -0.25) is 4.90 Å². The van der Waals surface area contributed by atoms with Crippen LogP contribution >= 0.6 is 15.9 Å². The molecule has 1 N–H and O–H groups in total. The van der Waals surface area contributed by atoms with Gasteiger partial charge in [-0.15, -0.1) is 0 Å². The molecule has 1 aromatic rings. The van der Waals surface area contributed by atoms with Gasteiger partial charge in [0, 0.05) is 17.6 Å². The van der Waals surface area contributed by atoms with E-state index in [0.29, 0.717) is 6.54 Å². The Morgan fingerprint density at radius 3 is 2.47 bits per heavy atom. The maximum atomic E-state index is 9.68. The van der Waals surface area contributed by atoms with Gasteiger partial charge in [0.1, 0.15) is 0 Å². The first-order valence-electron chi connectivity index (χ1n) is 5.03. The molecule has 84 valence electrons. The SMILES string of the molecule is CN(Cc1ccccc1Br)CC(C)(C)O. The highest BCUT2D eigenvalue weighted by Gasteiger charge is 2.15. The number of likely N-dealkylation sites (N-methyl/N-ethyl adjacent to an activating group) is 1. The minimum Gasteiger partial charge on any atom is -0.389 e. The molecular formula is C12H18BrNO. The Bertz CT molecular complexity index is 320. The fourth-order valence-electron chi connectivity index (χ4n) is 1.63. The van der Waals surface area contributed by atoms with Crippen LogP contribution < -0.4 is 0 Å². The van der Waals surface area contributed by atoms with E-state index in [1.165, 1.54) is 5.56 Å². The van der Waals surface area contributed by atoms with Gasteiger partial charge < -0.3 is 5.11 Å². The summed E-state index contributed by atoms with van der Waals surface area (Å²) in [5, 5.41) is 9.68. The average Bonchev–Trinajstić information content (AvgIpc) is 2.05. The van der Waals surface area contributed by atoms with E-state index in [1.54, 1.807) is 0 Å². The highest BCUT2D eigenvalue weighted by atomic mass is 79.9. The third-order valence-corrected chi connectivity index (χ3v) is 2.83. The second-order valence-corrected chi connectivity index (χ2v) is 5.43. The number of hydrogen-bond acceptors (Lipinski definition) is 2. The zero-order chi connectivity index (χ0) is 11.5. The molecule has 0 radical (unpaired) electrons. The van der Waals surface area contributed by atoms with Crippen LogP contribution in [0.2, 0.25) is 0 Å². The predicted octanol–water partition coefficient (Wildman–Crippen LogP) is 2.65. The summed E-state index contributed by atoms with van der Waals surface area (Å²) in [6.45, 7) is 5.15. The third kappa shape index (κ3) is 4.78. The molecule has 0 heterocycles. The molecule has 0 aromatic heterocycles. The molecule has 2 nitrogen and oxygen atoms in total. The van der Waals surface area contributed by atoms with E-state index >= 15 is 0 Å². The molecule has 0 spiro atoms. The van der Waals surface area contributed by atoms with Gasteiger partial charge in [0.25, 0.3) is 0 Å². The van der Waals surface area contributed by atoms with Gasteiger partial charge in [0.05, 0.1) is 5.60 Å². The van der Waals surface area contributed by atoms with Crippen molar-refractivity contribution in [1.82, 2.24) is 4.90 Å². The van der Waals surface area contributed by atoms with Gasteiger partial charge in [-0.25, -0.2) is 0 Å². The number of benzene rings is 1. The van der Waals surface area contributed by atoms with Gasteiger partial charge in [-0.2, -0.15) is 0 Å². The van der Waals surface area contributed by atoms with Gasteiger partial charge in [-0.05, 0) is 32.5 Å². The monoisotopic (exact) mass is 271 g/mol. The topological polar surface area (TPSA) is 23.5 Å². The van der Waals surface area contributed by atoms with Crippen molar-refractivity contribution in [3.63, 3.8) is 0 Å². The molecule has 0 unspecified atom stereocenters. The number of nitrogens with zero attached hydrogens (tertiary/aromatic N) is 1. The van der Waals surface area contributed by atoms with Crippen molar-refractivity contribution in [2.24, 2.45) is 0 Å². The van der Waals surface area contributed by atoms with Crippen molar-refractivity contribution < 1.29 is 5.11 Å². The maximum absolute atomic E-state index is 9.68. The number of aliphatic hydroxyl groups is 1. The Hall–Kier alpha value is -0.380. The standard InChI is InChI=1S/C12H18BrNO/c1-12(2,15)9-14(3)8-10-6-4-5-7-11(10)13/h4-7,15H,8-9H2,1-3H3. The number of halogens is 1. The molecule has 1 aromatic carbocycles. The molecule has 0 bridgehead atoms. The summed E-state index contributed by atoms with van der Waals surface area (Å²) >= 11 is 3.52. The lowest BCUT2D eigenvalue weighted by atomic mass is 10.1. The van der Waals surface area contributed by atoms with E-state index in [4.69, 9.17) is 0 Å². The molecular weight excluding hydrogens is 254 g/mol. The van der Waals surface area contributed by atoms with Crippen molar-refractivity contribution in [2.45, 2.75) is 26.0 Å². The van der Waals surface area contributed by atoms with Crippen LogP contribution in [0.4, 0.5) is 0 Å². The largest absolute Gasteiger partial charge is 0.389 e. The predicted molar refractivity (Wildman–Crippen MR) is 66.8 cm³/mol. The molecule has 0 saturated heterocycles. The van der Waals surface area contributed by atoms with Crippen LogP contribution in [0.25, 0.3) is 0 Å². The summed E-state index contributed by atoms with van der Waals surface area (Å²) in [5.74, 6) is 0. The van der Waals surface area contributed by atoms with Crippen LogP contribution in [0.15, 0.2) is 28.7 Å². The van der Waals surface area contributed by atoms with E-state index < -0.39 is 5.60 Å². The lowest BCUT2D eigenvalue weighted by Crippen LogP contribution is -2.35. The first-order chi connectivity index (χ1) is 6.88. The Balaban J connectivity index is 2.59. The van der Waals surface area contributed by atoms with Crippen molar-refractivity contribution in [3.8, 4) is 0 Å². The van der Waals surface area contributed by atoms with Crippen LogP contribution in [-0.2, 0) is 6.54 Å². The summed E-state index contributed by atoms with van der Waals surface area (Å²) in [7, 11) is 2.01. The van der Waals surface area contributed by atoms with Crippen molar-refractivity contribution in [2.75, 3.05) is 13.6 Å². The summed E-state index contributed by atoms with van der Waals surface area (Å²) < 4.78 is 1.12. The zero-order valence-electron chi connectivity index (χ0n) is 9.50. The Morgan fingerprint density at radius 2 is 1.93 bits per heavy atom. The second kappa shape index (κ2) is 5.10. The Labute approximate surface area is 100 Å². The quantitative estimate of drug-likeness (QED) is 0.910. The minimum absolute atomic E-state index is 0.643. The lowest BCUT2D eigenvalue weighted by Gasteiger charge is -2.25. The molecule has 0 atom stereocenters. The minimum atomic E-state index is -0.643. The molecule has 0 aliphatic rings. The van der Waals surface area contributed by atoms with Crippen LogP contribution in [0, 0.1) is 0 Å². The van der Waals surface area contributed by atoms with Crippen molar-refractivity contribution >= 4 is 15.9 Å². The van der Waals surface area contributed by atoms with Crippen LogP contribution in [0.5, 0.6) is 0 Å². The number of rotatable bonds is 4. The highest BCUT2D eigenvalue weighted by molar-refractivity contribution is 9.10. The fraction of sp³-hybridized carbons (Fsp3) is 0.500. The summed E-state index contributed by atoms with van der Waals surface area (Å²) in [4.78, 5) is 2.11. The Morgan fingerprint density at radius 1 is 1.33 bits per heavy atom. The van der Waals surface area contributed by atoms with Gasteiger partial charge in [0.2, 0.25) is 0 Å². The lowest BCUT2D eigenvalue weighted by molar-refractivity contribution is 0.0424. The van der Waals surface area contributed by atoms with E-state index in [9.17, 15) is 5.11 Å². The van der Waals surface area contributed by atoms with Crippen molar-refractivity contribution in [3.05, 3.63) is 34.3 Å². The molecule has 0 saturated carbocycles. The van der Waals surface area contributed by atoms with E-state index in [2.05, 4.69) is 26.9 Å². The average molecular weight is 272 g/mol. The van der Waals surface area contributed by atoms with E-state index in [0.717, 1.165) is 11.0 Å². The van der Waals surface area contributed by atoms with Crippen LogP contribution in [-0.4, -0.2) is 29.2 Å². The van der Waals surface area contributed by atoms with Crippen molar-refractivity contribution in [1.29, 1.82) is 0 Å². The maximum Gasteiger partial charge on any atom is 0.0718 e. The van der Waals surface area contributed by atoms with Gasteiger partial charge in [0.15, 0.2) is 0 Å². The van der Waals surface area contributed by atoms with E-state index in [1.807, 2.05) is 39.1 Å². The summed E-state index contributed by atoms with van der Waals surface area (Å²) in [5.41, 5.74) is 0.597. The van der Waals surface area contributed by atoms with E-state index in [-0.39, 0.29) is 0 Å². The van der Waals surface area contributed by atoms with Crippen LogP contribution in [0.1, 0.15) is 19.4 Å². The third-order valence-electron chi connectivity index (χ3n) is 2.05. The summed E-state index contributed by atoms with van der Waals surface area (Å²) in [6, 6.07) is 8.15.